The Bertz CT molecular complexity index is 1160. The van der Waals surface area contributed by atoms with Gasteiger partial charge in [0.15, 0.2) is 0 Å². The Labute approximate surface area is 183 Å². The number of thiazole rings is 1. The maximum absolute atomic E-state index is 5.04. The number of nitrogens with zero attached hydrogens (tertiary/aromatic N) is 4. The molecule has 0 aliphatic heterocycles. The molecule has 1 atom stereocenters. The molecule has 4 rings (SSSR count). The van der Waals surface area contributed by atoms with Crippen molar-refractivity contribution in [2.45, 2.75) is 39.7 Å². The Hall–Kier alpha value is -2.50. The molecule has 0 radical (unpaired) electrons. The second-order valence-corrected chi connectivity index (χ2v) is 9.38. The van der Waals surface area contributed by atoms with Crippen LogP contribution in [0.1, 0.15) is 45.9 Å². The second kappa shape index (κ2) is 8.70. The molecule has 0 amide bonds. The van der Waals surface area contributed by atoms with Crippen molar-refractivity contribution in [3.8, 4) is 0 Å². The highest BCUT2D eigenvalue weighted by atomic mass is 32.1. The van der Waals surface area contributed by atoms with Gasteiger partial charge in [0.05, 0.1) is 22.2 Å². The van der Waals surface area contributed by atoms with Crippen LogP contribution in [0.25, 0.3) is 10.2 Å². The molecule has 0 aliphatic carbocycles. The van der Waals surface area contributed by atoms with E-state index in [-0.39, 0.29) is 6.04 Å². The van der Waals surface area contributed by atoms with E-state index in [2.05, 4.69) is 86.9 Å². The number of imidazole rings is 1. The number of benzene rings is 2. The van der Waals surface area contributed by atoms with Crippen LogP contribution < -0.4 is 0 Å². The summed E-state index contributed by atoms with van der Waals surface area (Å²) < 4.78 is 3.49. The van der Waals surface area contributed by atoms with Crippen molar-refractivity contribution in [1.29, 1.82) is 0 Å². The van der Waals surface area contributed by atoms with Crippen molar-refractivity contribution < 1.29 is 0 Å². The molecule has 1 unspecified atom stereocenters. The van der Waals surface area contributed by atoms with Gasteiger partial charge in [-0.1, -0.05) is 31.2 Å². The van der Waals surface area contributed by atoms with Crippen LogP contribution in [-0.2, 0) is 12.8 Å². The Morgan fingerprint density at radius 1 is 1.07 bits per heavy atom. The highest BCUT2D eigenvalue weighted by Gasteiger charge is 2.22. The van der Waals surface area contributed by atoms with Gasteiger partial charge < -0.3 is 9.47 Å². The summed E-state index contributed by atoms with van der Waals surface area (Å²) in [6.45, 7) is 7.53. The first kappa shape index (κ1) is 20.8. The lowest BCUT2D eigenvalue weighted by atomic mass is 10.0. The first-order chi connectivity index (χ1) is 14.4. The Balaban J connectivity index is 1.79. The van der Waals surface area contributed by atoms with E-state index in [0.717, 1.165) is 35.6 Å². The van der Waals surface area contributed by atoms with Gasteiger partial charge in [0.25, 0.3) is 0 Å². The predicted octanol–water partition coefficient (Wildman–Crippen LogP) is 5.41. The molecule has 5 heteroatoms. The van der Waals surface area contributed by atoms with E-state index in [9.17, 15) is 0 Å². The summed E-state index contributed by atoms with van der Waals surface area (Å²) in [6.07, 6.45) is 6.14. The lowest BCUT2D eigenvalue weighted by molar-refractivity contribution is 0.412. The smallest absolute Gasteiger partial charge is 0.121 e. The molecular weight excluding hydrogens is 388 g/mol. The molecule has 0 N–H and O–H groups in total. The van der Waals surface area contributed by atoms with E-state index in [1.807, 2.05) is 6.33 Å². The van der Waals surface area contributed by atoms with Gasteiger partial charge >= 0.3 is 0 Å². The minimum Gasteiger partial charge on any atom is -0.323 e. The molecule has 0 saturated heterocycles. The molecule has 2 aromatic heterocycles. The van der Waals surface area contributed by atoms with E-state index in [1.54, 1.807) is 11.3 Å². The number of aromatic nitrogens is 3. The van der Waals surface area contributed by atoms with Crippen LogP contribution in [0.4, 0.5) is 0 Å². The molecule has 0 saturated carbocycles. The fourth-order valence-electron chi connectivity index (χ4n) is 3.69. The van der Waals surface area contributed by atoms with E-state index in [4.69, 9.17) is 9.97 Å². The lowest BCUT2D eigenvalue weighted by Crippen LogP contribution is -2.15. The fourth-order valence-corrected chi connectivity index (χ4v) is 4.86. The summed E-state index contributed by atoms with van der Waals surface area (Å²) in [7, 11) is 4.20. The van der Waals surface area contributed by atoms with E-state index < -0.39 is 0 Å². The number of likely N-dealkylation sites (N-methyl/N-ethyl adjacent to an activating group) is 1. The van der Waals surface area contributed by atoms with Crippen molar-refractivity contribution in [2.24, 2.45) is 0 Å². The van der Waals surface area contributed by atoms with Crippen molar-refractivity contribution >= 4 is 21.6 Å². The average Bonchev–Trinajstić information content (AvgIpc) is 3.35. The largest absolute Gasteiger partial charge is 0.323 e. The summed E-state index contributed by atoms with van der Waals surface area (Å²) in [6, 6.07) is 13.4. The lowest BCUT2D eigenvalue weighted by Gasteiger charge is -2.18. The maximum atomic E-state index is 5.04. The normalized spacial score (nSPS) is 12.7. The van der Waals surface area contributed by atoms with Crippen LogP contribution in [0, 0.1) is 13.8 Å². The molecule has 0 fully saturated rings. The van der Waals surface area contributed by atoms with E-state index >= 15 is 0 Å². The average molecular weight is 419 g/mol. The number of rotatable bonds is 7. The number of fused-ring (bicyclic) bond motifs is 1. The van der Waals surface area contributed by atoms with Gasteiger partial charge in [-0.15, -0.1) is 11.3 Å². The first-order valence-corrected chi connectivity index (χ1v) is 11.4. The van der Waals surface area contributed by atoms with Crippen molar-refractivity contribution in [3.63, 3.8) is 0 Å². The van der Waals surface area contributed by atoms with Crippen LogP contribution in [0.15, 0.2) is 48.9 Å². The molecule has 4 aromatic rings. The molecule has 2 aromatic carbocycles. The standard InChI is InChI=1S/C25H30N4S/c1-6-19-8-10-22-23(14-19)30-25(27-22)24(20-9-7-17(2)18(3)13-20)29-15-21(26-16-29)11-12-28(4)5/h7-10,13-16,24H,6,11-12H2,1-5H3. The summed E-state index contributed by atoms with van der Waals surface area (Å²) in [5.41, 5.74) is 7.42. The van der Waals surface area contributed by atoms with Crippen molar-refractivity contribution in [1.82, 2.24) is 19.4 Å². The van der Waals surface area contributed by atoms with Gasteiger partial charge in [-0.25, -0.2) is 9.97 Å². The SMILES string of the molecule is CCc1ccc2nc(C(c3ccc(C)c(C)c3)n3cnc(CCN(C)C)c3)sc2c1. The third-order valence-corrected chi connectivity index (χ3v) is 6.80. The first-order valence-electron chi connectivity index (χ1n) is 10.6. The van der Waals surface area contributed by atoms with Gasteiger partial charge in [-0.3, -0.25) is 0 Å². The Morgan fingerprint density at radius 2 is 1.90 bits per heavy atom. The zero-order chi connectivity index (χ0) is 21.3. The topological polar surface area (TPSA) is 34.0 Å². The molecule has 4 nitrogen and oxygen atoms in total. The third kappa shape index (κ3) is 4.32. The predicted molar refractivity (Wildman–Crippen MR) is 127 cm³/mol. The Kier molecular flexibility index (Phi) is 6.02. The van der Waals surface area contributed by atoms with Crippen LogP contribution in [0.2, 0.25) is 0 Å². The zero-order valence-electron chi connectivity index (χ0n) is 18.5. The molecule has 0 aliphatic rings. The highest BCUT2D eigenvalue weighted by molar-refractivity contribution is 7.18. The highest BCUT2D eigenvalue weighted by Crippen LogP contribution is 2.34. The molecule has 156 valence electrons. The van der Waals surface area contributed by atoms with Gasteiger partial charge in [-0.05, 0) is 68.8 Å². The van der Waals surface area contributed by atoms with E-state index in [1.165, 1.54) is 27.0 Å². The van der Waals surface area contributed by atoms with Crippen molar-refractivity contribution in [2.75, 3.05) is 20.6 Å². The number of hydrogen-bond acceptors (Lipinski definition) is 4. The minimum atomic E-state index is 0.0346. The molecule has 0 bridgehead atoms. The minimum absolute atomic E-state index is 0.0346. The molecule has 30 heavy (non-hydrogen) atoms. The van der Waals surface area contributed by atoms with Gasteiger partial charge in [0.1, 0.15) is 11.0 Å². The summed E-state index contributed by atoms with van der Waals surface area (Å²) >= 11 is 1.79. The maximum Gasteiger partial charge on any atom is 0.121 e. The number of hydrogen-bond donors (Lipinski definition) is 0. The molecule has 0 spiro atoms. The summed E-state index contributed by atoms with van der Waals surface area (Å²) in [5.74, 6) is 0. The number of aryl methyl sites for hydroxylation is 3. The molecular formula is C25H30N4S. The van der Waals surface area contributed by atoms with Crippen LogP contribution in [0.3, 0.4) is 0 Å². The third-order valence-electron chi connectivity index (χ3n) is 5.73. The molecule has 2 heterocycles. The fraction of sp³-hybridized carbons (Fsp3) is 0.360. The zero-order valence-corrected chi connectivity index (χ0v) is 19.3. The van der Waals surface area contributed by atoms with Gasteiger partial charge in [0.2, 0.25) is 0 Å². The quantitative estimate of drug-likeness (QED) is 0.402. The van der Waals surface area contributed by atoms with Crippen LogP contribution >= 0.6 is 11.3 Å². The summed E-state index contributed by atoms with van der Waals surface area (Å²) in [4.78, 5) is 11.9. The van der Waals surface area contributed by atoms with Gasteiger partial charge in [-0.2, -0.15) is 0 Å². The van der Waals surface area contributed by atoms with Crippen molar-refractivity contribution in [3.05, 3.63) is 81.9 Å². The van der Waals surface area contributed by atoms with Gasteiger partial charge in [0, 0.05) is 19.2 Å². The summed E-state index contributed by atoms with van der Waals surface area (Å²) in [5, 5.41) is 1.11. The van der Waals surface area contributed by atoms with E-state index in [0.29, 0.717) is 0 Å². The van der Waals surface area contributed by atoms with Crippen LogP contribution in [0.5, 0.6) is 0 Å². The van der Waals surface area contributed by atoms with Crippen LogP contribution in [-0.4, -0.2) is 40.1 Å². The monoisotopic (exact) mass is 418 g/mol. The second-order valence-electron chi connectivity index (χ2n) is 8.32. The Morgan fingerprint density at radius 3 is 2.63 bits per heavy atom.